The smallest absolute Gasteiger partial charge is 0.251 e. The normalized spacial score (nSPS) is 16.4. The molecule has 1 aliphatic heterocycles. The van der Waals surface area contributed by atoms with Crippen LogP contribution < -0.4 is 20.1 Å². The summed E-state index contributed by atoms with van der Waals surface area (Å²) in [5, 5.41) is 5.52. The molecule has 0 saturated carbocycles. The van der Waals surface area contributed by atoms with Gasteiger partial charge >= 0.3 is 0 Å². The number of nitrogens with one attached hydrogen (secondary N) is 2. The van der Waals surface area contributed by atoms with E-state index in [0.29, 0.717) is 23.7 Å². The summed E-state index contributed by atoms with van der Waals surface area (Å²) in [7, 11) is 0. The molecule has 1 heterocycles. The Bertz CT molecular complexity index is 839. The molecule has 2 N–H and O–H groups in total. The molecule has 2 unspecified atom stereocenters. The van der Waals surface area contributed by atoms with Crippen molar-refractivity contribution >= 4 is 11.8 Å². The van der Waals surface area contributed by atoms with Gasteiger partial charge in [0.25, 0.3) is 5.91 Å². The lowest BCUT2D eigenvalue weighted by Gasteiger charge is -2.28. The molecule has 1 aliphatic rings. The maximum absolute atomic E-state index is 13.0. The summed E-state index contributed by atoms with van der Waals surface area (Å²) >= 11 is 0. The number of benzene rings is 2. The van der Waals surface area contributed by atoms with Gasteiger partial charge in [-0.25, -0.2) is 4.39 Å². The molecule has 0 bridgehead atoms. The molecule has 0 radical (unpaired) electrons. The molecule has 7 heteroatoms. The predicted octanol–water partition coefficient (Wildman–Crippen LogP) is 2.54. The zero-order valence-corrected chi connectivity index (χ0v) is 15.8. The lowest BCUT2D eigenvalue weighted by atomic mass is 10.0. The van der Waals surface area contributed by atoms with Crippen LogP contribution in [-0.2, 0) is 4.79 Å². The third-order valence-electron chi connectivity index (χ3n) is 4.41. The maximum Gasteiger partial charge on any atom is 0.251 e. The highest BCUT2D eigenvalue weighted by atomic mass is 19.1. The van der Waals surface area contributed by atoms with Crippen LogP contribution in [0.1, 0.15) is 24.2 Å². The average Bonchev–Trinajstić information content (AvgIpc) is 2.70. The Morgan fingerprint density at radius 3 is 2.46 bits per heavy atom. The number of carbonyl (C=O) groups excluding carboxylic acids is 2. The molecule has 6 nitrogen and oxygen atoms in total. The van der Waals surface area contributed by atoms with Crippen LogP contribution in [0.3, 0.4) is 0 Å². The molecule has 148 valence electrons. The predicted molar refractivity (Wildman–Crippen MR) is 102 cm³/mol. The standard InChI is InChI=1S/C21H23FN2O4/c1-13(2)19(24-20(25)14-7-9-15(22)10-8-14)21(26)23-11-16-12-27-17-5-3-4-6-18(17)28-16/h3-10,13,16,19H,11-12H2,1-2H3,(H,23,26)(H,24,25). The summed E-state index contributed by atoms with van der Waals surface area (Å²) in [6.07, 6.45) is -0.320. The number of halogens is 1. The summed E-state index contributed by atoms with van der Waals surface area (Å²) in [4.78, 5) is 25.0. The summed E-state index contributed by atoms with van der Waals surface area (Å²) in [6.45, 7) is 4.26. The van der Waals surface area contributed by atoms with Gasteiger partial charge in [0.15, 0.2) is 11.5 Å². The zero-order chi connectivity index (χ0) is 20.1. The highest BCUT2D eigenvalue weighted by molar-refractivity contribution is 5.97. The number of hydrogen-bond donors (Lipinski definition) is 2. The molecular weight excluding hydrogens is 363 g/mol. The van der Waals surface area contributed by atoms with Crippen molar-refractivity contribution in [3.63, 3.8) is 0 Å². The van der Waals surface area contributed by atoms with Gasteiger partial charge in [0.05, 0.1) is 6.54 Å². The Morgan fingerprint density at radius 1 is 1.11 bits per heavy atom. The van der Waals surface area contributed by atoms with Crippen molar-refractivity contribution < 1.29 is 23.5 Å². The maximum atomic E-state index is 13.0. The summed E-state index contributed by atoms with van der Waals surface area (Å²) < 4.78 is 24.5. The average molecular weight is 386 g/mol. The van der Waals surface area contributed by atoms with Gasteiger partial charge in [-0.15, -0.1) is 0 Å². The van der Waals surface area contributed by atoms with E-state index in [0.717, 1.165) is 0 Å². The van der Waals surface area contributed by atoms with Crippen molar-refractivity contribution in [3.05, 3.63) is 59.9 Å². The Balaban J connectivity index is 1.56. The zero-order valence-electron chi connectivity index (χ0n) is 15.8. The third kappa shape index (κ3) is 4.79. The van der Waals surface area contributed by atoms with Gasteiger partial charge < -0.3 is 20.1 Å². The summed E-state index contributed by atoms with van der Waals surface area (Å²) in [6, 6.07) is 11.8. The minimum atomic E-state index is -0.727. The molecule has 28 heavy (non-hydrogen) atoms. The van der Waals surface area contributed by atoms with Gasteiger partial charge in [0.1, 0.15) is 24.6 Å². The third-order valence-corrected chi connectivity index (χ3v) is 4.41. The number of para-hydroxylation sites is 2. The summed E-state index contributed by atoms with van der Waals surface area (Å²) in [5.41, 5.74) is 0.292. The molecule has 0 aromatic heterocycles. The van der Waals surface area contributed by atoms with E-state index in [1.807, 2.05) is 38.1 Å². The molecule has 2 aromatic carbocycles. The first-order valence-corrected chi connectivity index (χ1v) is 9.16. The van der Waals surface area contributed by atoms with E-state index < -0.39 is 17.8 Å². The second kappa shape index (κ2) is 8.73. The van der Waals surface area contributed by atoms with Gasteiger partial charge in [-0.2, -0.15) is 0 Å². The van der Waals surface area contributed by atoms with Crippen LogP contribution in [0, 0.1) is 11.7 Å². The van der Waals surface area contributed by atoms with Gasteiger partial charge in [-0.1, -0.05) is 26.0 Å². The van der Waals surface area contributed by atoms with Crippen LogP contribution in [-0.4, -0.2) is 37.1 Å². The molecule has 2 aromatic rings. The van der Waals surface area contributed by atoms with Crippen molar-refractivity contribution in [2.24, 2.45) is 5.92 Å². The number of hydrogen-bond acceptors (Lipinski definition) is 4. The molecule has 3 rings (SSSR count). The first-order chi connectivity index (χ1) is 13.4. The fraction of sp³-hybridized carbons (Fsp3) is 0.333. The first kappa shape index (κ1) is 19.7. The number of carbonyl (C=O) groups is 2. The topological polar surface area (TPSA) is 76.7 Å². The Kier molecular flexibility index (Phi) is 6.13. The largest absolute Gasteiger partial charge is 0.486 e. The van der Waals surface area contributed by atoms with E-state index in [1.54, 1.807) is 0 Å². The van der Waals surface area contributed by atoms with Crippen LogP contribution in [0.2, 0.25) is 0 Å². The highest BCUT2D eigenvalue weighted by Gasteiger charge is 2.27. The number of fused-ring (bicyclic) bond motifs is 1. The molecule has 2 amide bonds. The SMILES string of the molecule is CC(C)C(NC(=O)c1ccc(F)cc1)C(=O)NCC1COc2ccccc2O1. The molecule has 0 saturated heterocycles. The van der Waals surface area contributed by atoms with Gasteiger partial charge in [-0.05, 0) is 42.3 Å². The van der Waals surface area contributed by atoms with E-state index >= 15 is 0 Å². The Labute approximate surface area is 163 Å². The van der Waals surface area contributed by atoms with Gasteiger partial charge in [0, 0.05) is 5.56 Å². The van der Waals surface area contributed by atoms with Crippen LogP contribution >= 0.6 is 0 Å². The van der Waals surface area contributed by atoms with Crippen LogP contribution in [0.15, 0.2) is 48.5 Å². The quantitative estimate of drug-likeness (QED) is 0.800. The van der Waals surface area contributed by atoms with Crippen molar-refractivity contribution in [3.8, 4) is 11.5 Å². The van der Waals surface area contributed by atoms with Crippen LogP contribution in [0.4, 0.5) is 4.39 Å². The fourth-order valence-corrected chi connectivity index (χ4v) is 2.85. The van der Waals surface area contributed by atoms with Crippen LogP contribution in [0.5, 0.6) is 11.5 Å². The van der Waals surface area contributed by atoms with Crippen molar-refractivity contribution in [2.75, 3.05) is 13.2 Å². The summed E-state index contributed by atoms with van der Waals surface area (Å²) in [5.74, 6) is 0.0160. The molecule has 0 fully saturated rings. The van der Waals surface area contributed by atoms with E-state index in [2.05, 4.69) is 10.6 Å². The van der Waals surface area contributed by atoms with E-state index in [9.17, 15) is 14.0 Å². The van der Waals surface area contributed by atoms with Crippen molar-refractivity contribution in [2.45, 2.75) is 26.0 Å². The van der Waals surface area contributed by atoms with E-state index in [1.165, 1.54) is 24.3 Å². The fourth-order valence-electron chi connectivity index (χ4n) is 2.85. The molecule has 0 aliphatic carbocycles. The number of rotatable bonds is 6. The minimum absolute atomic E-state index is 0.131. The Morgan fingerprint density at radius 2 is 1.79 bits per heavy atom. The second-order valence-corrected chi connectivity index (χ2v) is 6.94. The monoisotopic (exact) mass is 386 g/mol. The minimum Gasteiger partial charge on any atom is -0.486 e. The highest BCUT2D eigenvalue weighted by Crippen LogP contribution is 2.30. The van der Waals surface area contributed by atoms with Gasteiger partial charge in [-0.3, -0.25) is 9.59 Å². The lowest BCUT2D eigenvalue weighted by Crippen LogP contribution is -2.52. The van der Waals surface area contributed by atoms with E-state index in [4.69, 9.17) is 9.47 Å². The number of ether oxygens (including phenoxy) is 2. The van der Waals surface area contributed by atoms with E-state index in [-0.39, 0.29) is 24.5 Å². The lowest BCUT2D eigenvalue weighted by molar-refractivity contribution is -0.124. The number of amides is 2. The first-order valence-electron chi connectivity index (χ1n) is 9.16. The second-order valence-electron chi connectivity index (χ2n) is 6.94. The van der Waals surface area contributed by atoms with Crippen LogP contribution in [0.25, 0.3) is 0 Å². The van der Waals surface area contributed by atoms with Crippen molar-refractivity contribution in [1.29, 1.82) is 0 Å². The molecule has 0 spiro atoms. The molecular formula is C21H23FN2O4. The molecule has 2 atom stereocenters. The Hall–Kier alpha value is -3.09. The van der Waals surface area contributed by atoms with Gasteiger partial charge in [0.2, 0.25) is 5.91 Å². The van der Waals surface area contributed by atoms with Crippen molar-refractivity contribution in [1.82, 2.24) is 10.6 Å².